The number of rotatable bonds is 8. The molecule has 0 unspecified atom stereocenters. The van der Waals surface area contributed by atoms with Crippen LogP contribution in [0.2, 0.25) is 0 Å². The van der Waals surface area contributed by atoms with Crippen LogP contribution in [0.15, 0.2) is 60.8 Å². The van der Waals surface area contributed by atoms with E-state index >= 15 is 0 Å². The molecule has 168 valence electrons. The lowest BCUT2D eigenvalue weighted by molar-refractivity contribution is -0.116. The summed E-state index contributed by atoms with van der Waals surface area (Å²) in [4.78, 5) is 43.0. The van der Waals surface area contributed by atoms with E-state index in [9.17, 15) is 14.4 Å². The Morgan fingerprint density at radius 1 is 1.00 bits per heavy atom. The lowest BCUT2D eigenvalue weighted by atomic mass is 10.1. The van der Waals surface area contributed by atoms with Crippen LogP contribution in [-0.4, -0.2) is 41.3 Å². The number of pyridine rings is 1. The summed E-state index contributed by atoms with van der Waals surface area (Å²) >= 11 is 0. The minimum absolute atomic E-state index is 0.128. The van der Waals surface area contributed by atoms with Crippen molar-refractivity contribution in [1.82, 2.24) is 9.88 Å². The van der Waals surface area contributed by atoms with Crippen molar-refractivity contribution in [3.63, 3.8) is 0 Å². The Morgan fingerprint density at radius 3 is 2.48 bits per heavy atom. The molecule has 0 bridgehead atoms. The van der Waals surface area contributed by atoms with Crippen molar-refractivity contribution in [2.45, 2.75) is 19.8 Å². The minimum Gasteiger partial charge on any atom is -0.497 e. The van der Waals surface area contributed by atoms with Crippen LogP contribution in [0.25, 0.3) is 0 Å². The zero-order chi connectivity index (χ0) is 23.4. The molecule has 8 heteroatoms. The van der Waals surface area contributed by atoms with Gasteiger partial charge in [0.25, 0.3) is 11.8 Å². The van der Waals surface area contributed by atoms with Crippen molar-refractivity contribution in [2.75, 3.05) is 19.0 Å². The normalized spacial score (nSPS) is 12.5. The van der Waals surface area contributed by atoms with E-state index in [4.69, 9.17) is 9.47 Å². The molecule has 0 atom stereocenters. The third-order valence-corrected chi connectivity index (χ3v) is 5.23. The molecule has 0 spiro atoms. The van der Waals surface area contributed by atoms with Crippen molar-refractivity contribution in [3.8, 4) is 17.4 Å². The Kier molecular flexibility index (Phi) is 6.35. The fourth-order valence-electron chi connectivity index (χ4n) is 3.54. The van der Waals surface area contributed by atoms with Gasteiger partial charge in [0.2, 0.25) is 11.8 Å². The summed E-state index contributed by atoms with van der Waals surface area (Å²) in [5.74, 6) is 0.595. The fraction of sp³-hybridized carbons (Fsp3) is 0.200. The van der Waals surface area contributed by atoms with Gasteiger partial charge in [-0.05, 0) is 61.9 Å². The highest BCUT2D eigenvalue weighted by Gasteiger charge is 2.34. The molecule has 2 aromatic carbocycles. The number of amides is 3. The Hall–Kier alpha value is -4.20. The van der Waals surface area contributed by atoms with Crippen molar-refractivity contribution in [2.24, 2.45) is 0 Å². The van der Waals surface area contributed by atoms with Gasteiger partial charge in [0, 0.05) is 19.2 Å². The number of anilines is 1. The molecule has 0 fully saturated rings. The number of carbonyl (C=O) groups excluding carboxylic acids is 3. The van der Waals surface area contributed by atoms with Gasteiger partial charge in [-0.1, -0.05) is 11.6 Å². The average molecular weight is 445 g/mol. The number of hydrogen-bond acceptors (Lipinski definition) is 6. The number of benzene rings is 2. The van der Waals surface area contributed by atoms with Gasteiger partial charge in [-0.2, -0.15) is 0 Å². The first-order valence-corrected chi connectivity index (χ1v) is 10.5. The van der Waals surface area contributed by atoms with Crippen molar-refractivity contribution < 1.29 is 23.9 Å². The summed E-state index contributed by atoms with van der Waals surface area (Å²) in [6.45, 7) is 2.04. The summed E-state index contributed by atoms with van der Waals surface area (Å²) in [5.41, 5.74) is 2.17. The van der Waals surface area contributed by atoms with Crippen LogP contribution in [0.4, 0.5) is 5.69 Å². The smallest absolute Gasteiger partial charge is 0.261 e. The lowest BCUT2D eigenvalue weighted by Crippen LogP contribution is -2.31. The first kappa shape index (κ1) is 22.0. The number of aryl methyl sites for hydroxylation is 1. The summed E-state index contributed by atoms with van der Waals surface area (Å²) in [6.07, 6.45) is 2.03. The van der Waals surface area contributed by atoms with Crippen LogP contribution in [-0.2, 0) is 4.79 Å². The standard InChI is InChI=1S/C25H23N3O5/c1-16-7-12-19-20(15-16)25(31)28(24(19)30)14-4-6-22(29)27-21-5-3-13-26-23(21)33-18-10-8-17(32-2)9-11-18/h3,5,7-13,15H,4,6,14H2,1-2H3,(H,27,29). The molecule has 0 saturated heterocycles. The van der Waals surface area contributed by atoms with E-state index in [2.05, 4.69) is 10.3 Å². The minimum atomic E-state index is -0.321. The number of ether oxygens (including phenoxy) is 2. The van der Waals surface area contributed by atoms with E-state index in [0.717, 1.165) is 5.56 Å². The predicted molar refractivity (Wildman–Crippen MR) is 122 cm³/mol. The Balaban J connectivity index is 1.33. The van der Waals surface area contributed by atoms with Crippen LogP contribution < -0.4 is 14.8 Å². The second-order valence-corrected chi connectivity index (χ2v) is 7.60. The van der Waals surface area contributed by atoms with Gasteiger partial charge < -0.3 is 14.8 Å². The highest BCUT2D eigenvalue weighted by Crippen LogP contribution is 2.28. The van der Waals surface area contributed by atoms with E-state index in [1.54, 1.807) is 67.9 Å². The van der Waals surface area contributed by atoms with Gasteiger partial charge in [-0.15, -0.1) is 0 Å². The molecule has 8 nitrogen and oxygen atoms in total. The maximum Gasteiger partial charge on any atom is 0.261 e. The second kappa shape index (κ2) is 9.52. The molecule has 4 rings (SSSR count). The summed E-state index contributed by atoms with van der Waals surface area (Å²) in [7, 11) is 1.58. The Morgan fingerprint density at radius 2 is 1.73 bits per heavy atom. The zero-order valence-corrected chi connectivity index (χ0v) is 18.3. The average Bonchev–Trinajstić information content (AvgIpc) is 3.05. The van der Waals surface area contributed by atoms with Crippen LogP contribution in [0.5, 0.6) is 17.4 Å². The molecule has 0 radical (unpaired) electrons. The topological polar surface area (TPSA) is 97.8 Å². The summed E-state index contributed by atoms with van der Waals surface area (Å²) < 4.78 is 10.9. The molecule has 33 heavy (non-hydrogen) atoms. The monoisotopic (exact) mass is 445 g/mol. The van der Waals surface area contributed by atoms with E-state index < -0.39 is 0 Å². The predicted octanol–water partition coefficient (Wildman–Crippen LogP) is 4.21. The Labute approximate surface area is 191 Å². The molecule has 1 aliphatic heterocycles. The number of carbonyl (C=O) groups is 3. The molecular weight excluding hydrogens is 422 g/mol. The van der Waals surface area contributed by atoms with Crippen LogP contribution in [0.3, 0.4) is 0 Å². The third kappa shape index (κ3) is 4.85. The summed E-state index contributed by atoms with van der Waals surface area (Å²) in [5, 5.41) is 2.79. The fourth-order valence-corrected chi connectivity index (χ4v) is 3.54. The lowest BCUT2D eigenvalue weighted by Gasteiger charge is -2.14. The molecule has 1 aromatic heterocycles. The van der Waals surface area contributed by atoms with Crippen LogP contribution in [0.1, 0.15) is 39.1 Å². The highest BCUT2D eigenvalue weighted by molar-refractivity contribution is 6.21. The molecule has 0 saturated carbocycles. The first-order chi connectivity index (χ1) is 16.0. The number of imide groups is 1. The molecule has 3 amide bonds. The number of aromatic nitrogens is 1. The molecule has 1 N–H and O–H groups in total. The quantitative estimate of drug-likeness (QED) is 0.522. The van der Waals surface area contributed by atoms with E-state index in [1.807, 2.05) is 6.92 Å². The molecule has 1 aliphatic rings. The second-order valence-electron chi connectivity index (χ2n) is 7.60. The number of nitrogens with zero attached hydrogens (tertiary/aromatic N) is 2. The highest BCUT2D eigenvalue weighted by atomic mass is 16.5. The SMILES string of the molecule is COc1ccc(Oc2ncccc2NC(=O)CCCN2C(=O)c3ccc(C)cc3C2=O)cc1. The largest absolute Gasteiger partial charge is 0.497 e. The molecular formula is C25H23N3O5. The van der Waals surface area contributed by atoms with Gasteiger partial charge >= 0.3 is 0 Å². The van der Waals surface area contributed by atoms with Crippen molar-refractivity contribution in [3.05, 3.63) is 77.5 Å². The number of hydrogen-bond donors (Lipinski definition) is 1. The van der Waals surface area contributed by atoms with Crippen molar-refractivity contribution >= 4 is 23.4 Å². The van der Waals surface area contributed by atoms with Gasteiger partial charge in [0.1, 0.15) is 17.2 Å². The molecule has 3 aromatic rings. The van der Waals surface area contributed by atoms with Gasteiger partial charge in [0.15, 0.2) is 0 Å². The van der Waals surface area contributed by atoms with Gasteiger partial charge in [0.05, 0.1) is 18.2 Å². The van der Waals surface area contributed by atoms with Gasteiger partial charge in [-0.3, -0.25) is 19.3 Å². The number of methoxy groups -OCH3 is 1. The van der Waals surface area contributed by atoms with Crippen LogP contribution >= 0.6 is 0 Å². The van der Waals surface area contributed by atoms with Crippen molar-refractivity contribution in [1.29, 1.82) is 0 Å². The number of fused-ring (bicyclic) bond motifs is 1. The van der Waals surface area contributed by atoms with E-state index in [-0.39, 0.29) is 36.6 Å². The van der Waals surface area contributed by atoms with E-state index in [1.165, 1.54) is 4.90 Å². The zero-order valence-electron chi connectivity index (χ0n) is 18.3. The van der Waals surface area contributed by atoms with E-state index in [0.29, 0.717) is 34.7 Å². The molecule has 0 aliphatic carbocycles. The molecule has 2 heterocycles. The maximum atomic E-state index is 12.6. The van der Waals surface area contributed by atoms with Crippen LogP contribution in [0, 0.1) is 6.92 Å². The Bertz CT molecular complexity index is 1210. The van der Waals surface area contributed by atoms with Gasteiger partial charge in [-0.25, -0.2) is 4.98 Å². The maximum absolute atomic E-state index is 12.6. The number of nitrogens with one attached hydrogen (secondary N) is 1. The first-order valence-electron chi connectivity index (χ1n) is 10.5. The third-order valence-electron chi connectivity index (χ3n) is 5.23. The summed E-state index contributed by atoms with van der Waals surface area (Å²) in [6, 6.07) is 15.6.